The fraction of sp³-hybridized carbons (Fsp3) is 0.538. The molecule has 1 aromatic carbocycles. The van der Waals surface area contributed by atoms with E-state index in [4.69, 9.17) is 5.73 Å². The van der Waals surface area contributed by atoms with Gasteiger partial charge in [-0.25, -0.2) is 0 Å². The van der Waals surface area contributed by atoms with Gasteiger partial charge < -0.3 is 5.73 Å². The second-order valence-electron chi connectivity index (χ2n) is 4.92. The minimum atomic E-state index is 0. The summed E-state index contributed by atoms with van der Waals surface area (Å²) < 4.78 is 0. The molecule has 17 heavy (non-hydrogen) atoms. The van der Waals surface area contributed by atoms with Crippen LogP contribution in [0.15, 0.2) is 30.3 Å². The van der Waals surface area contributed by atoms with Gasteiger partial charge in [-0.3, -0.25) is 4.90 Å². The molecule has 1 aliphatic rings. The molecule has 0 aromatic heterocycles. The lowest BCUT2D eigenvalue weighted by atomic mass is 9.91. The van der Waals surface area contributed by atoms with Crippen LogP contribution in [0.2, 0.25) is 0 Å². The Balaban J connectivity index is 0.00000128. The van der Waals surface area contributed by atoms with E-state index < -0.39 is 0 Å². The first-order valence-electron chi connectivity index (χ1n) is 5.71. The number of hydrogen-bond acceptors (Lipinski definition) is 2. The second-order valence-corrected chi connectivity index (χ2v) is 4.92. The van der Waals surface area contributed by atoms with Crippen molar-refractivity contribution in [3.05, 3.63) is 35.9 Å². The third-order valence-corrected chi connectivity index (χ3v) is 3.25. The van der Waals surface area contributed by atoms with Crippen molar-refractivity contribution in [3.8, 4) is 0 Å². The monoisotopic (exact) mass is 276 g/mol. The Kier molecular flexibility index (Phi) is 7.10. The normalized spacial score (nSPS) is 18.9. The fourth-order valence-electron chi connectivity index (χ4n) is 2.06. The number of benzene rings is 1. The maximum Gasteiger partial charge on any atom is 0.0233 e. The summed E-state index contributed by atoms with van der Waals surface area (Å²) in [6.45, 7) is 5.48. The minimum absolute atomic E-state index is 0. The molecule has 2 N–H and O–H groups in total. The third-order valence-electron chi connectivity index (χ3n) is 3.25. The Morgan fingerprint density at radius 1 is 1.12 bits per heavy atom. The molecule has 1 aliphatic heterocycles. The van der Waals surface area contributed by atoms with E-state index in [0.29, 0.717) is 0 Å². The van der Waals surface area contributed by atoms with Gasteiger partial charge in [0.2, 0.25) is 0 Å². The summed E-state index contributed by atoms with van der Waals surface area (Å²) in [4.78, 5) is 2.49. The molecule has 1 fully saturated rings. The molecule has 1 saturated heterocycles. The van der Waals surface area contributed by atoms with Crippen LogP contribution in [0.4, 0.5) is 0 Å². The number of nitrogens with two attached hydrogens (primary N) is 1. The van der Waals surface area contributed by atoms with Crippen LogP contribution in [0, 0.1) is 0 Å². The predicted octanol–water partition coefficient (Wildman–Crippen LogP) is 2.84. The quantitative estimate of drug-likeness (QED) is 0.900. The van der Waals surface area contributed by atoms with E-state index in [1.165, 1.54) is 5.56 Å². The summed E-state index contributed by atoms with van der Waals surface area (Å²) in [5, 5.41) is 0. The van der Waals surface area contributed by atoms with Gasteiger partial charge >= 0.3 is 0 Å². The van der Waals surface area contributed by atoms with Crippen LogP contribution in [0.5, 0.6) is 0 Å². The van der Waals surface area contributed by atoms with E-state index in [1.807, 2.05) is 0 Å². The van der Waals surface area contributed by atoms with Crippen LogP contribution in [0.1, 0.15) is 25.3 Å². The Morgan fingerprint density at radius 2 is 1.65 bits per heavy atom. The van der Waals surface area contributed by atoms with Gasteiger partial charge in [0.05, 0.1) is 0 Å². The Morgan fingerprint density at radius 3 is 2.18 bits per heavy atom. The molecule has 0 unspecified atom stereocenters. The third kappa shape index (κ3) is 5.26. The molecule has 1 heterocycles. The lowest BCUT2D eigenvalue weighted by Crippen LogP contribution is -2.47. The first kappa shape index (κ1) is 16.7. The average molecular weight is 277 g/mol. The summed E-state index contributed by atoms with van der Waals surface area (Å²) in [5.41, 5.74) is 7.57. The van der Waals surface area contributed by atoms with E-state index in [1.54, 1.807) is 0 Å². The highest BCUT2D eigenvalue weighted by molar-refractivity contribution is 5.85. The lowest BCUT2D eigenvalue weighted by molar-refractivity contribution is 0.165. The number of nitrogens with zero attached hydrogens (tertiary/aromatic N) is 1. The molecule has 0 radical (unpaired) electrons. The first-order chi connectivity index (χ1) is 7.16. The van der Waals surface area contributed by atoms with Crippen molar-refractivity contribution >= 4 is 24.8 Å². The van der Waals surface area contributed by atoms with Crippen molar-refractivity contribution in [2.45, 2.75) is 31.8 Å². The van der Waals surface area contributed by atoms with Crippen molar-refractivity contribution in [3.63, 3.8) is 0 Å². The molecule has 98 valence electrons. The summed E-state index contributed by atoms with van der Waals surface area (Å²) in [5.74, 6) is 0. The molecule has 0 saturated carbocycles. The standard InChI is InChI=1S/C13H20N2.2ClH/c1-13(14)7-9-15(10-8-13)11-12-5-3-2-4-6-12;;/h2-6H,7-11,14H2,1H3;2*1H. The van der Waals surface area contributed by atoms with Gasteiger partial charge in [0.15, 0.2) is 0 Å². The molecule has 0 spiro atoms. The van der Waals surface area contributed by atoms with Gasteiger partial charge in [0.25, 0.3) is 0 Å². The molecule has 0 amide bonds. The smallest absolute Gasteiger partial charge is 0.0233 e. The second kappa shape index (κ2) is 7.22. The number of rotatable bonds is 2. The van der Waals surface area contributed by atoms with E-state index in [9.17, 15) is 0 Å². The van der Waals surface area contributed by atoms with Crippen molar-refractivity contribution in [2.24, 2.45) is 5.73 Å². The van der Waals surface area contributed by atoms with E-state index in [2.05, 4.69) is 42.2 Å². The SMILES string of the molecule is CC1(N)CCN(Cc2ccccc2)CC1.Cl.Cl. The number of piperidine rings is 1. The highest BCUT2D eigenvalue weighted by Gasteiger charge is 2.25. The van der Waals surface area contributed by atoms with Crippen molar-refractivity contribution in [1.29, 1.82) is 0 Å². The van der Waals surface area contributed by atoms with Crippen molar-refractivity contribution in [1.82, 2.24) is 4.90 Å². The molecule has 0 atom stereocenters. The van der Waals surface area contributed by atoms with Crippen LogP contribution < -0.4 is 5.73 Å². The van der Waals surface area contributed by atoms with Crippen LogP contribution in [-0.4, -0.2) is 23.5 Å². The van der Waals surface area contributed by atoms with Crippen LogP contribution in [-0.2, 0) is 6.54 Å². The summed E-state index contributed by atoms with van der Waals surface area (Å²) in [6, 6.07) is 10.7. The first-order valence-corrected chi connectivity index (χ1v) is 5.71. The molecular formula is C13H22Cl2N2. The van der Waals surface area contributed by atoms with Gasteiger partial charge in [-0.1, -0.05) is 30.3 Å². The van der Waals surface area contributed by atoms with Crippen LogP contribution in [0.25, 0.3) is 0 Å². The maximum atomic E-state index is 6.11. The van der Waals surface area contributed by atoms with Crippen molar-refractivity contribution in [2.75, 3.05) is 13.1 Å². The average Bonchev–Trinajstić information content (AvgIpc) is 2.23. The Hall–Kier alpha value is -0.280. The number of likely N-dealkylation sites (tertiary alicyclic amines) is 1. The number of hydrogen-bond donors (Lipinski definition) is 1. The van der Waals surface area contributed by atoms with Gasteiger partial charge in [-0.2, -0.15) is 0 Å². The molecule has 2 rings (SSSR count). The predicted molar refractivity (Wildman–Crippen MR) is 78.0 cm³/mol. The zero-order valence-electron chi connectivity index (χ0n) is 10.3. The fourth-order valence-corrected chi connectivity index (χ4v) is 2.06. The molecule has 1 aromatic rings. The highest BCUT2D eigenvalue weighted by Crippen LogP contribution is 2.20. The molecule has 0 aliphatic carbocycles. The Labute approximate surface area is 116 Å². The zero-order valence-corrected chi connectivity index (χ0v) is 11.9. The van der Waals surface area contributed by atoms with Crippen molar-refractivity contribution < 1.29 is 0 Å². The molecule has 0 bridgehead atoms. The van der Waals surface area contributed by atoms with E-state index in [0.717, 1.165) is 32.5 Å². The topological polar surface area (TPSA) is 29.3 Å². The van der Waals surface area contributed by atoms with E-state index in [-0.39, 0.29) is 30.4 Å². The van der Waals surface area contributed by atoms with E-state index >= 15 is 0 Å². The van der Waals surface area contributed by atoms with Gasteiger partial charge in [-0.15, -0.1) is 24.8 Å². The summed E-state index contributed by atoms with van der Waals surface area (Å²) in [7, 11) is 0. The molecular weight excluding hydrogens is 255 g/mol. The largest absolute Gasteiger partial charge is 0.325 e. The lowest BCUT2D eigenvalue weighted by Gasteiger charge is -2.36. The van der Waals surface area contributed by atoms with Crippen LogP contribution >= 0.6 is 24.8 Å². The molecule has 2 nitrogen and oxygen atoms in total. The molecule has 4 heteroatoms. The Bertz CT molecular complexity index is 304. The highest BCUT2D eigenvalue weighted by atomic mass is 35.5. The van der Waals surface area contributed by atoms with Gasteiger partial charge in [0.1, 0.15) is 0 Å². The van der Waals surface area contributed by atoms with Gasteiger partial charge in [0, 0.05) is 25.2 Å². The minimum Gasteiger partial charge on any atom is -0.325 e. The number of halogens is 2. The maximum absolute atomic E-state index is 6.11. The zero-order chi connectivity index (χ0) is 10.7. The van der Waals surface area contributed by atoms with Gasteiger partial charge in [-0.05, 0) is 25.3 Å². The summed E-state index contributed by atoms with van der Waals surface area (Å²) in [6.07, 6.45) is 2.22. The van der Waals surface area contributed by atoms with Crippen LogP contribution in [0.3, 0.4) is 0 Å². The summed E-state index contributed by atoms with van der Waals surface area (Å²) >= 11 is 0.